The van der Waals surface area contributed by atoms with Crippen molar-refractivity contribution in [2.75, 3.05) is 0 Å². The maximum absolute atomic E-state index is 2.90. The molecule has 0 aromatic carbocycles. The molecule has 0 aromatic heterocycles. The van der Waals surface area contributed by atoms with Gasteiger partial charge in [0.25, 0.3) is 0 Å². The van der Waals surface area contributed by atoms with Gasteiger partial charge in [0, 0.05) is 0 Å². The Bertz CT molecular complexity index is 65.6. The fourth-order valence-corrected chi connectivity index (χ4v) is 0.589. The molecule has 1 aliphatic heterocycles. The maximum atomic E-state index is 2.90. The van der Waals surface area contributed by atoms with Crippen molar-refractivity contribution in [2.45, 2.75) is 0 Å². The highest BCUT2D eigenvalue weighted by molar-refractivity contribution is 8.03. The Morgan fingerprint density at radius 1 is 1.50 bits per heavy atom. The summed E-state index contributed by atoms with van der Waals surface area (Å²) in [5, 5.41) is 4.89. The van der Waals surface area contributed by atoms with E-state index in [0.717, 1.165) is 0 Å². The van der Waals surface area contributed by atoms with E-state index in [1.54, 1.807) is 11.8 Å². The van der Waals surface area contributed by atoms with Crippen molar-refractivity contribution in [2.24, 2.45) is 0 Å². The first-order valence-corrected chi connectivity index (χ1v) is 2.27. The fraction of sp³-hybridized carbons (Fsp3) is 0. The molecule has 1 rings (SSSR count). The Kier molecular flexibility index (Phi) is 3.24. The lowest BCUT2D eigenvalue weighted by atomic mass is 10.6. The van der Waals surface area contributed by atoms with Gasteiger partial charge in [-0.2, -0.15) is 0 Å². The van der Waals surface area contributed by atoms with Gasteiger partial charge in [-0.3, -0.25) is 0 Å². The van der Waals surface area contributed by atoms with E-state index in [-0.39, 0.29) is 12.4 Å². The summed E-state index contributed by atoms with van der Waals surface area (Å²) in [6.07, 6.45) is 3.86. The van der Waals surface area contributed by atoms with Gasteiger partial charge in [0.2, 0.25) is 0 Å². The zero-order chi connectivity index (χ0) is 3.54. The SMILES string of the molecule is [C+]1=CC=CS1.[Cl-]. The molecular formula is C4H3ClS. The van der Waals surface area contributed by atoms with Gasteiger partial charge in [-0.1, -0.05) is 0 Å². The molecule has 0 atom stereocenters. The number of halogens is 1. The predicted octanol–water partition coefficient (Wildman–Crippen LogP) is -1.43. The lowest BCUT2D eigenvalue weighted by Crippen LogP contribution is -3.00. The molecule has 0 spiro atoms. The molecule has 0 amide bonds. The Balaban J connectivity index is 0.000000250. The van der Waals surface area contributed by atoms with Crippen LogP contribution in [0.15, 0.2) is 17.6 Å². The van der Waals surface area contributed by atoms with Gasteiger partial charge >= 0.3 is 0 Å². The van der Waals surface area contributed by atoms with Gasteiger partial charge in [-0.05, 0) is 0 Å². The molecule has 0 aromatic rings. The summed E-state index contributed by atoms with van der Waals surface area (Å²) in [6, 6.07) is 0. The van der Waals surface area contributed by atoms with Crippen LogP contribution in [0.3, 0.4) is 0 Å². The molecule has 0 saturated heterocycles. The second-order valence-corrected chi connectivity index (χ2v) is 1.47. The monoisotopic (exact) mass is 118 g/mol. The first kappa shape index (κ1) is 6.03. The van der Waals surface area contributed by atoms with Crippen molar-refractivity contribution in [3.63, 3.8) is 0 Å². The summed E-state index contributed by atoms with van der Waals surface area (Å²) in [7, 11) is 0. The molecule has 32 valence electrons. The van der Waals surface area contributed by atoms with Crippen LogP contribution in [0.1, 0.15) is 0 Å². The van der Waals surface area contributed by atoms with Gasteiger partial charge < -0.3 is 12.4 Å². The van der Waals surface area contributed by atoms with Crippen LogP contribution in [-0.2, 0) is 0 Å². The van der Waals surface area contributed by atoms with Crippen molar-refractivity contribution in [1.29, 1.82) is 0 Å². The zero-order valence-corrected chi connectivity index (χ0v) is 4.59. The predicted molar refractivity (Wildman–Crippen MR) is 24.5 cm³/mol. The lowest BCUT2D eigenvalue weighted by Gasteiger charge is -1.41. The van der Waals surface area contributed by atoms with E-state index in [1.165, 1.54) is 0 Å². The minimum Gasteiger partial charge on any atom is -1.00 e. The highest BCUT2D eigenvalue weighted by Gasteiger charge is 1.89. The normalized spacial score (nSPS) is 13.3. The average Bonchev–Trinajstić information content (AvgIpc) is 1.76. The van der Waals surface area contributed by atoms with Crippen molar-refractivity contribution in [3.05, 3.63) is 23.0 Å². The number of hydrogen-bond acceptors (Lipinski definition) is 1. The summed E-state index contributed by atoms with van der Waals surface area (Å²) in [4.78, 5) is 0. The van der Waals surface area contributed by atoms with Gasteiger partial charge in [0.1, 0.15) is 5.41 Å². The molecule has 1 aliphatic rings. The van der Waals surface area contributed by atoms with Gasteiger partial charge in [-0.15, -0.1) is 0 Å². The fourth-order valence-electron chi connectivity index (χ4n) is 0.196. The van der Waals surface area contributed by atoms with Crippen molar-refractivity contribution >= 4 is 11.8 Å². The number of hydrogen-bond donors (Lipinski definition) is 0. The van der Waals surface area contributed by atoms with E-state index in [0.29, 0.717) is 0 Å². The maximum Gasteiger partial charge on any atom is 0.169 e. The van der Waals surface area contributed by atoms with Crippen molar-refractivity contribution < 1.29 is 12.4 Å². The highest BCUT2D eigenvalue weighted by Crippen LogP contribution is 2.07. The highest BCUT2D eigenvalue weighted by atomic mass is 35.5. The van der Waals surface area contributed by atoms with Gasteiger partial charge in [0.05, 0.1) is 23.2 Å². The van der Waals surface area contributed by atoms with Crippen LogP contribution in [0, 0.1) is 5.41 Å². The van der Waals surface area contributed by atoms with Crippen LogP contribution in [-0.4, -0.2) is 0 Å². The summed E-state index contributed by atoms with van der Waals surface area (Å²) < 4.78 is 0. The number of allylic oxidation sites excluding steroid dienone is 2. The van der Waals surface area contributed by atoms with Crippen molar-refractivity contribution in [1.82, 2.24) is 0 Å². The minimum atomic E-state index is 0. The molecule has 0 unspecified atom stereocenters. The topological polar surface area (TPSA) is 0 Å². The van der Waals surface area contributed by atoms with E-state index in [2.05, 4.69) is 5.41 Å². The quantitative estimate of drug-likeness (QED) is 0.352. The second-order valence-electron chi connectivity index (χ2n) is 0.731. The summed E-state index contributed by atoms with van der Waals surface area (Å²) in [6.45, 7) is 0. The molecule has 0 fully saturated rings. The van der Waals surface area contributed by atoms with Crippen LogP contribution >= 0.6 is 11.8 Å². The van der Waals surface area contributed by atoms with Crippen LogP contribution in [0.2, 0.25) is 0 Å². The average molecular weight is 119 g/mol. The van der Waals surface area contributed by atoms with Crippen molar-refractivity contribution in [3.8, 4) is 0 Å². The van der Waals surface area contributed by atoms with Crippen LogP contribution in [0.5, 0.6) is 0 Å². The number of thioether (sulfide) groups is 1. The van der Waals surface area contributed by atoms with Gasteiger partial charge in [0.15, 0.2) is 6.08 Å². The molecule has 0 nitrogen and oxygen atoms in total. The standard InChI is InChI=1S/C4H3S.ClH/c1-2-4-5-3-1;/h1-3H;1H/q+1;/p-1. The Labute approximate surface area is 47.7 Å². The minimum absolute atomic E-state index is 0. The molecule has 0 aliphatic carbocycles. The molecule has 1 heterocycles. The Morgan fingerprint density at radius 2 is 2.33 bits per heavy atom. The molecule has 0 N–H and O–H groups in total. The zero-order valence-electron chi connectivity index (χ0n) is 3.02. The third kappa shape index (κ3) is 1.46. The molecule has 6 heavy (non-hydrogen) atoms. The summed E-state index contributed by atoms with van der Waals surface area (Å²) >= 11 is 1.59. The molecular weight excluding hydrogens is 116 g/mol. The van der Waals surface area contributed by atoms with Crippen LogP contribution in [0.25, 0.3) is 0 Å². The second kappa shape index (κ2) is 3.23. The van der Waals surface area contributed by atoms with E-state index in [9.17, 15) is 0 Å². The Morgan fingerprint density at radius 3 is 2.50 bits per heavy atom. The van der Waals surface area contributed by atoms with E-state index < -0.39 is 0 Å². The van der Waals surface area contributed by atoms with E-state index in [4.69, 9.17) is 0 Å². The first-order chi connectivity index (χ1) is 2.50. The number of rotatable bonds is 0. The third-order valence-corrected chi connectivity index (χ3v) is 0.944. The first-order valence-electron chi connectivity index (χ1n) is 1.40. The van der Waals surface area contributed by atoms with Crippen LogP contribution in [0.4, 0.5) is 0 Å². The summed E-state index contributed by atoms with van der Waals surface area (Å²) in [5.74, 6) is 0. The largest absolute Gasteiger partial charge is 1.00 e. The molecule has 0 radical (unpaired) electrons. The summed E-state index contributed by atoms with van der Waals surface area (Å²) in [5.41, 5.74) is 0. The Hall–Kier alpha value is 0.0300. The smallest absolute Gasteiger partial charge is 0.169 e. The van der Waals surface area contributed by atoms with Crippen LogP contribution < -0.4 is 12.4 Å². The van der Waals surface area contributed by atoms with E-state index in [1.807, 2.05) is 17.6 Å². The van der Waals surface area contributed by atoms with Gasteiger partial charge in [-0.25, -0.2) is 0 Å². The van der Waals surface area contributed by atoms with E-state index >= 15 is 0 Å². The molecule has 2 heteroatoms. The molecule has 0 bridgehead atoms. The lowest BCUT2D eigenvalue weighted by molar-refractivity contribution is -0.000000912. The third-order valence-electron chi connectivity index (χ3n) is 0.379. The molecule has 0 saturated carbocycles.